The van der Waals surface area contributed by atoms with Crippen molar-refractivity contribution < 1.29 is 18.7 Å². The highest BCUT2D eigenvalue weighted by molar-refractivity contribution is 5.95. The summed E-state index contributed by atoms with van der Waals surface area (Å²) >= 11 is 0. The normalized spacial score (nSPS) is 14.1. The van der Waals surface area contributed by atoms with Crippen LogP contribution in [0.3, 0.4) is 0 Å². The zero-order valence-corrected chi connectivity index (χ0v) is 12.4. The van der Waals surface area contributed by atoms with Crippen molar-refractivity contribution in [2.24, 2.45) is 0 Å². The summed E-state index contributed by atoms with van der Waals surface area (Å²) in [6.45, 7) is 2.81. The third-order valence-corrected chi connectivity index (χ3v) is 3.67. The van der Waals surface area contributed by atoms with Crippen molar-refractivity contribution >= 4 is 11.8 Å². The molecule has 2 aromatic rings. The highest BCUT2D eigenvalue weighted by Gasteiger charge is 2.26. The van der Waals surface area contributed by atoms with Crippen LogP contribution in [-0.2, 0) is 4.74 Å². The second-order valence-electron chi connectivity index (χ2n) is 5.14. The predicted molar refractivity (Wildman–Crippen MR) is 81.8 cm³/mol. The number of carbonyl (C=O) groups excluding carboxylic acids is 1. The average molecular weight is 301 g/mol. The summed E-state index contributed by atoms with van der Waals surface area (Å²) in [6, 6.07) is 10.5. The van der Waals surface area contributed by atoms with Crippen LogP contribution in [0, 0.1) is 12.7 Å². The lowest BCUT2D eigenvalue weighted by molar-refractivity contribution is 0.181. The second-order valence-corrected chi connectivity index (χ2v) is 5.14. The number of ether oxygens (including phenoxy) is 2. The largest absolute Gasteiger partial charge is 0.494 e. The molecule has 0 unspecified atom stereocenters. The molecule has 1 aliphatic heterocycles. The van der Waals surface area contributed by atoms with E-state index in [4.69, 9.17) is 9.47 Å². The van der Waals surface area contributed by atoms with E-state index in [9.17, 15) is 9.18 Å². The number of methoxy groups -OCH3 is 1. The molecule has 0 N–H and O–H groups in total. The molecule has 3 rings (SSSR count). The topological polar surface area (TPSA) is 38.8 Å². The Labute approximate surface area is 128 Å². The standard InChI is InChI=1S/C17H16FNO3/c1-11-3-5-15(19-7-8-22-17(19)20)13(9-11)12-4-6-16(21-2)14(18)10-12/h3-6,9-10H,7-8H2,1-2H3. The monoisotopic (exact) mass is 301 g/mol. The van der Waals surface area contributed by atoms with Gasteiger partial charge in [0.05, 0.1) is 19.3 Å². The van der Waals surface area contributed by atoms with Crippen molar-refractivity contribution in [3.05, 3.63) is 47.8 Å². The van der Waals surface area contributed by atoms with Crippen molar-refractivity contribution in [2.45, 2.75) is 6.92 Å². The molecule has 0 atom stereocenters. The molecule has 22 heavy (non-hydrogen) atoms. The maximum Gasteiger partial charge on any atom is 0.414 e. The Morgan fingerprint density at radius 3 is 2.68 bits per heavy atom. The van der Waals surface area contributed by atoms with Gasteiger partial charge < -0.3 is 9.47 Å². The lowest BCUT2D eigenvalue weighted by Gasteiger charge is -2.18. The Kier molecular flexibility index (Phi) is 3.71. The summed E-state index contributed by atoms with van der Waals surface area (Å²) in [5, 5.41) is 0. The van der Waals surface area contributed by atoms with Crippen LogP contribution in [0.25, 0.3) is 11.1 Å². The smallest absolute Gasteiger partial charge is 0.414 e. The van der Waals surface area contributed by atoms with Gasteiger partial charge in [-0.1, -0.05) is 17.7 Å². The molecule has 0 aromatic heterocycles. The van der Waals surface area contributed by atoms with Gasteiger partial charge in [-0.25, -0.2) is 9.18 Å². The molecule has 0 saturated carbocycles. The van der Waals surface area contributed by atoms with Crippen LogP contribution in [0.5, 0.6) is 5.75 Å². The van der Waals surface area contributed by atoms with E-state index in [2.05, 4.69) is 0 Å². The number of nitrogens with zero attached hydrogens (tertiary/aromatic N) is 1. The van der Waals surface area contributed by atoms with E-state index in [0.29, 0.717) is 18.7 Å². The molecule has 1 heterocycles. The van der Waals surface area contributed by atoms with E-state index in [0.717, 1.165) is 16.8 Å². The Balaban J connectivity index is 2.11. The number of rotatable bonds is 3. The summed E-state index contributed by atoms with van der Waals surface area (Å²) in [7, 11) is 1.43. The van der Waals surface area contributed by atoms with Gasteiger partial charge in [0.1, 0.15) is 6.61 Å². The highest BCUT2D eigenvalue weighted by atomic mass is 19.1. The number of anilines is 1. The summed E-state index contributed by atoms with van der Waals surface area (Å²) in [5.41, 5.74) is 3.23. The van der Waals surface area contributed by atoms with Crippen molar-refractivity contribution in [1.29, 1.82) is 0 Å². The molecule has 0 spiro atoms. The quantitative estimate of drug-likeness (QED) is 0.866. The number of benzene rings is 2. The SMILES string of the molecule is COc1ccc(-c2cc(C)ccc2N2CCOC2=O)cc1F. The van der Waals surface area contributed by atoms with Gasteiger partial charge in [0.15, 0.2) is 11.6 Å². The fourth-order valence-electron chi connectivity index (χ4n) is 2.56. The molecular weight excluding hydrogens is 285 g/mol. The van der Waals surface area contributed by atoms with Crippen LogP contribution in [-0.4, -0.2) is 26.4 Å². The first-order chi connectivity index (χ1) is 10.6. The third kappa shape index (κ3) is 2.50. The molecule has 1 fully saturated rings. The van der Waals surface area contributed by atoms with Crippen LogP contribution in [0.1, 0.15) is 5.56 Å². The number of amides is 1. The first-order valence-electron chi connectivity index (χ1n) is 6.99. The fraction of sp³-hybridized carbons (Fsp3) is 0.235. The summed E-state index contributed by atoms with van der Waals surface area (Å²) in [5.74, 6) is -0.241. The molecule has 2 aromatic carbocycles. The minimum absolute atomic E-state index is 0.193. The van der Waals surface area contributed by atoms with Gasteiger partial charge in [0.25, 0.3) is 0 Å². The fourth-order valence-corrected chi connectivity index (χ4v) is 2.56. The molecule has 5 heteroatoms. The highest BCUT2D eigenvalue weighted by Crippen LogP contribution is 2.35. The van der Waals surface area contributed by atoms with E-state index in [1.54, 1.807) is 17.0 Å². The number of carbonyl (C=O) groups is 1. The minimum Gasteiger partial charge on any atom is -0.494 e. The first kappa shape index (κ1) is 14.4. The number of hydrogen-bond donors (Lipinski definition) is 0. The van der Waals surface area contributed by atoms with Crippen LogP contribution >= 0.6 is 0 Å². The summed E-state index contributed by atoms with van der Waals surface area (Å²) in [6.07, 6.45) is -0.376. The Morgan fingerprint density at radius 2 is 2.05 bits per heavy atom. The van der Waals surface area contributed by atoms with Gasteiger partial charge >= 0.3 is 6.09 Å². The van der Waals surface area contributed by atoms with Gasteiger partial charge in [-0.15, -0.1) is 0 Å². The molecule has 0 bridgehead atoms. The maximum absolute atomic E-state index is 14.0. The predicted octanol–water partition coefficient (Wildman–Crippen LogP) is 3.77. The third-order valence-electron chi connectivity index (χ3n) is 3.67. The van der Waals surface area contributed by atoms with Crippen molar-refractivity contribution in [3.8, 4) is 16.9 Å². The first-order valence-corrected chi connectivity index (χ1v) is 6.99. The molecule has 4 nitrogen and oxygen atoms in total. The number of aryl methyl sites for hydroxylation is 1. The summed E-state index contributed by atoms with van der Waals surface area (Å²) in [4.78, 5) is 13.4. The number of hydrogen-bond acceptors (Lipinski definition) is 3. The van der Waals surface area contributed by atoms with E-state index >= 15 is 0 Å². The van der Waals surface area contributed by atoms with Crippen molar-refractivity contribution in [3.63, 3.8) is 0 Å². The number of halogens is 1. The van der Waals surface area contributed by atoms with Gasteiger partial charge in [-0.2, -0.15) is 0 Å². The van der Waals surface area contributed by atoms with Gasteiger partial charge in [0.2, 0.25) is 0 Å². The zero-order valence-electron chi connectivity index (χ0n) is 12.4. The summed E-state index contributed by atoms with van der Waals surface area (Å²) < 4.78 is 23.9. The van der Waals surface area contributed by atoms with Crippen LogP contribution in [0.4, 0.5) is 14.9 Å². The zero-order chi connectivity index (χ0) is 15.7. The van der Waals surface area contributed by atoms with Gasteiger partial charge in [-0.05, 0) is 36.8 Å². The van der Waals surface area contributed by atoms with Crippen LogP contribution < -0.4 is 9.64 Å². The molecular formula is C17H16FNO3. The van der Waals surface area contributed by atoms with E-state index < -0.39 is 5.82 Å². The lowest BCUT2D eigenvalue weighted by Crippen LogP contribution is -2.24. The Morgan fingerprint density at radius 1 is 1.23 bits per heavy atom. The van der Waals surface area contributed by atoms with E-state index in [1.807, 2.05) is 25.1 Å². The molecule has 0 aliphatic carbocycles. The lowest BCUT2D eigenvalue weighted by atomic mass is 10.0. The average Bonchev–Trinajstić information content (AvgIpc) is 2.93. The molecule has 114 valence electrons. The van der Waals surface area contributed by atoms with Gasteiger partial charge in [-0.3, -0.25) is 4.90 Å². The molecule has 1 aliphatic rings. The molecule has 1 saturated heterocycles. The second kappa shape index (κ2) is 5.67. The maximum atomic E-state index is 14.0. The molecule has 0 radical (unpaired) electrons. The Bertz CT molecular complexity index is 730. The van der Waals surface area contributed by atoms with E-state index in [-0.39, 0.29) is 11.8 Å². The Hall–Kier alpha value is -2.56. The van der Waals surface area contributed by atoms with Crippen LogP contribution in [0.15, 0.2) is 36.4 Å². The van der Waals surface area contributed by atoms with Crippen molar-refractivity contribution in [1.82, 2.24) is 0 Å². The molecule has 1 amide bonds. The van der Waals surface area contributed by atoms with Crippen molar-refractivity contribution in [2.75, 3.05) is 25.2 Å². The number of cyclic esters (lactones) is 1. The minimum atomic E-state index is -0.434. The van der Waals surface area contributed by atoms with E-state index in [1.165, 1.54) is 13.2 Å². The van der Waals surface area contributed by atoms with Crippen LogP contribution in [0.2, 0.25) is 0 Å². The van der Waals surface area contributed by atoms with Gasteiger partial charge in [0, 0.05) is 5.56 Å².